The van der Waals surface area contributed by atoms with Crippen molar-refractivity contribution in [3.05, 3.63) is 29.8 Å². The third-order valence-electron chi connectivity index (χ3n) is 2.20. The van der Waals surface area contributed by atoms with Crippen molar-refractivity contribution in [1.29, 1.82) is 0 Å². The maximum Gasteiger partial charge on any atom is 0.311 e. The number of nitrogens with one attached hydrogen (secondary N) is 1. The van der Waals surface area contributed by atoms with E-state index in [1.54, 1.807) is 26.0 Å². The average Bonchev–Trinajstić information content (AvgIpc) is 2.36. The smallest absolute Gasteiger partial charge is 0.311 e. The highest BCUT2D eigenvalue weighted by Crippen LogP contribution is 2.14. The second-order valence-electron chi connectivity index (χ2n) is 3.79. The molecule has 0 aliphatic carbocycles. The highest BCUT2D eigenvalue weighted by molar-refractivity contribution is 6.00. The number of hydrazone groups is 1. The number of esters is 1. The maximum atomic E-state index is 11.7. The second-order valence-corrected chi connectivity index (χ2v) is 3.79. The zero-order valence-corrected chi connectivity index (χ0v) is 10.8. The number of nitrogens with zero attached hydrogens (tertiary/aromatic N) is 1. The van der Waals surface area contributed by atoms with Crippen LogP contribution < -0.4 is 5.43 Å². The maximum absolute atomic E-state index is 11.7. The lowest BCUT2D eigenvalue weighted by molar-refractivity contribution is -0.141. The van der Waals surface area contributed by atoms with Gasteiger partial charge in [0.2, 0.25) is 0 Å². The largest absolute Gasteiger partial charge is 0.507 e. The molecule has 0 saturated carbocycles. The summed E-state index contributed by atoms with van der Waals surface area (Å²) in [6, 6.07) is 6.12. The van der Waals surface area contributed by atoms with Gasteiger partial charge in [-0.25, -0.2) is 5.43 Å². The topological polar surface area (TPSA) is 88.0 Å². The molecule has 0 saturated heterocycles. The molecule has 0 heterocycles. The Morgan fingerprint density at radius 1 is 1.37 bits per heavy atom. The quantitative estimate of drug-likeness (QED) is 0.478. The highest BCUT2D eigenvalue weighted by Gasteiger charge is 2.10. The summed E-state index contributed by atoms with van der Waals surface area (Å²) in [6.45, 7) is 3.61. The number of phenolic OH excluding ortho intramolecular Hbond substituents is 1. The number of carbonyl (C=O) groups excluding carboxylic acids is 2. The minimum absolute atomic E-state index is 0.00882. The molecule has 6 nitrogen and oxygen atoms in total. The first-order valence-corrected chi connectivity index (χ1v) is 5.81. The summed E-state index contributed by atoms with van der Waals surface area (Å²) >= 11 is 0. The molecule has 1 amide bonds. The number of hydrogen-bond acceptors (Lipinski definition) is 5. The van der Waals surface area contributed by atoms with Gasteiger partial charge in [-0.3, -0.25) is 9.59 Å². The molecule has 0 radical (unpaired) electrons. The lowest BCUT2D eigenvalue weighted by Crippen LogP contribution is -2.20. The zero-order chi connectivity index (χ0) is 14.3. The van der Waals surface area contributed by atoms with E-state index >= 15 is 0 Å². The van der Waals surface area contributed by atoms with E-state index in [4.69, 9.17) is 4.74 Å². The molecule has 19 heavy (non-hydrogen) atoms. The Morgan fingerprint density at radius 3 is 2.68 bits per heavy atom. The van der Waals surface area contributed by atoms with Crippen LogP contribution in [0.3, 0.4) is 0 Å². The SMILES string of the molecule is CCOC(=O)C/C(C)=N\NC(=O)c1ccccc1O. The number of para-hydroxylation sites is 1. The number of rotatable bonds is 5. The van der Waals surface area contributed by atoms with Crippen LogP contribution in [0.1, 0.15) is 30.6 Å². The molecular formula is C13H16N2O4. The van der Waals surface area contributed by atoms with Gasteiger partial charge in [0.15, 0.2) is 0 Å². The van der Waals surface area contributed by atoms with Crippen LogP contribution in [0.15, 0.2) is 29.4 Å². The third kappa shape index (κ3) is 4.79. The Bertz CT molecular complexity index is 497. The molecule has 0 unspecified atom stereocenters. The Kier molecular flexibility index (Phi) is 5.53. The van der Waals surface area contributed by atoms with Crippen molar-refractivity contribution in [3.8, 4) is 5.75 Å². The predicted octanol–water partition coefficient (Wildman–Crippen LogP) is 1.45. The fraction of sp³-hybridized carbons (Fsp3) is 0.308. The molecule has 0 atom stereocenters. The summed E-state index contributed by atoms with van der Waals surface area (Å²) in [5.41, 5.74) is 2.81. The van der Waals surface area contributed by atoms with E-state index in [9.17, 15) is 14.7 Å². The second kappa shape index (κ2) is 7.15. The number of phenols is 1. The van der Waals surface area contributed by atoms with E-state index in [1.165, 1.54) is 12.1 Å². The molecule has 0 aliphatic rings. The van der Waals surface area contributed by atoms with Gasteiger partial charge in [0.05, 0.1) is 18.6 Å². The first-order chi connectivity index (χ1) is 9.04. The van der Waals surface area contributed by atoms with Crippen LogP contribution in [0.4, 0.5) is 0 Å². The highest BCUT2D eigenvalue weighted by atomic mass is 16.5. The summed E-state index contributed by atoms with van der Waals surface area (Å²) in [7, 11) is 0. The molecule has 1 rings (SSSR count). The van der Waals surface area contributed by atoms with Crippen molar-refractivity contribution in [3.63, 3.8) is 0 Å². The average molecular weight is 264 g/mol. The van der Waals surface area contributed by atoms with Crippen molar-refractivity contribution in [2.24, 2.45) is 5.10 Å². The minimum atomic E-state index is -0.540. The van der Waals surface area contributed by atoms with E-state index in [0.717, 1.165) is 0 Å². The van der Waals surface area contributed by atoms with Crippen LogP contribution in [0.25, 0.3) is 0 Å². The van der Waals surface area contributed by atoms with Crippen LogP contribution >= 0.6 is 0 Å². The monoisotopic (exact) mass is 264 g/mol. The molecule has 6 heteroatoms. The fourth-order valence-electron chi connectivity index (χ4n) is 1.33. The number of ether oxygens (including phenoxy) is 1. The summed E-state index contributed by atoms with van der Waals surface area (Å²) in [4.78, 5) is 22.9. The first kappa shape index (κ1) is 14.7. The zero-order valence-electron chi connectivity index (χ0n) is 10.8. The summed E-state index contributed by atoms with van der Waals surface area (Å²) in [5.74, 6) is -1.07. The van der Waals surface area contributed by atoms with Gasteiger partial charge in [0.1, 0.15) is 5.75 Å². The molecule has 0 aromatic heterocycles. The van der Waals surface area contributed by atoms with Crippen LogP contribution in [0.5, 0.6) is 5.75 Å². The van der Waals surface area contributed by atoms with Crippen LogP contribution in [-0.2, 0) is 9.53 Å². The minimum Gasteiger partial charge on any atom is -0.507 e. The van der Waals surface area contributed by atoms with Crippen molar-refractivity contribution in [2.75, 3.05) is 6.61 Å². The molecule has 1 aromatic rings. The molecule has 0 bridgehead atoms. The third-order valence-corrected chi connectivity index (χ3v) is 2.20. The van der Waals surface area contributed by atoms with E-state index in [0.29, 0.717) is 12.3 Å². The van der Waals surface area contributed by atoms with Crippen molar-refractivity contribution in [1.82, 2.24) is 5.43 Å². The lowest BCUT2D eigenvalue weighted by atomic mass is 10.2. The summed E-state index contributed by atoms with van der Waals surface area (Å²) < 4.78 is 4.75. The molecular weight excluding hydrogens is 248 g/mol. The standard InChI is InChI=1S/C13H16N2O4/c1-3-19-12(17)8-9(2)14-15-13(18)10-6-4-5-7-11(10)16/h4-7,16H,3,8H2,1-2H3,(H,15,18)/b14-9-. The first-order valence-electron chi connectivity index (χ1n) is 5.81. The number of benzene rings is 1. The molecule has 0 aliphatic heterocycles. The molecule has 2 N–H and O–H groups in total. The molecule has 0 fully saturated rings. The van der Waals surface area contributed by atoms with Gasteiger partial charge < -0.3 is 9.84 Å². The summed E-state index contributed by atoms with van der Waals surface area (Å²) in [5, 5.41) is 13.2. The van der Waals surface area contributed by atoms with Crippen LogP contribution in [0.2, 0.25) is 0 Å². The number of carbonyl (C=O) groups is 2. The number of aromatic hydroxyl groups is 1. The molecule has 1 aromatic carbocycles. The van der Waals surface area contributed by atoms with Crippen LogP contribution in [-0.4, -0.2) is 29.3 Å². The van der Waals surface area contributed by atoms with Gasteiger partial charge in [-0.1, -0.05) is 12.1 Å². The molecule has 0 spiro atoms. The van der Waals surface area contributed by atoms with E-state index in [2.05, 4.69) is 10.5 Å². The normalized spacial score (nSPS) is 10.9. The van der Waals surface area contributed by atoms with E-state index < -0.39 is 11.9 Å². The fourth-order valence-corrected chi connectivity index (χ4v) is 1.33. The Balaban J connectivity index is 2.58. The van der Waals surface area contributed by atoms with Gasteiger partial charge in [-0.05, 0) is 26.0 Å². The lowest BCUT2D eigenvalue weighted by Gasteiger charge is -2.04. The predicted molar refractivity (Wildman–Crippen MR) is 69.9 cm³/mol. The van der Waals surface area contributed by atoms with Gasteiger partial charge in [-0.15, -0.1) is 0 Å². The van der Waals surface area contributed by atoms with Crippen molar-refractivity contribution < 1.29 is 19.4 Å². The van der Waals surface area contributed by atoms with Gasteiger partial charge in [0.25, 0.3) is 5.91 Å². The van der Waals surface area contributed by atoms with Gasteiger partial charge in [0, 0.05) is 5.71 Å². The Labute approximate surface area is 111 Å². The summed E-state index contributed by atoms with van der Waals surface area (Å²) in [6.07, 6.45) is 0.00882. The van der Waals surface area contributed by atoms with E-state index in [-0.39, 0.29) is 17.7 Å². The Hall–Kier alpha value is -2.37. The van der Waals surface area contributed by atoms with Gasteiger partial charge >= 0.3 is 5.97 Å². The Morgan fingerprint density at radius 2 is 2.05 bits per heavy atom. The van der Waals surface area contributed by atoms with Crippen molar-refractivity contribution >= 4 is 17.6 Å². The number of hydrogen-bond donors (Lipinski definition) is 2. The number of amides is 1. The van der Waals surface area contributed by atoms with Crippen LogP contribution in [0, 0.1) is 0 Å². The van der Waals surface area contributed by atoms with E-state index in [1.807, 2.05) is 0 Å². The van der Waals surface area contributed by atoms with Crippen molar-refractivity contribution in [2.45, 2.75) is 20.3 Å². The van der Waals surface area contributed by atoms with Gasteiger partial charge in [-0.2, -0.15) is 5.10 Å². The molecule has 102 valence electrons.